The third kappa shape index (κ3) is 2.57. The lowest BCUT2D eigenvalue weighted by Crippen LogP contribution is -2.20. The van der Waals surface area contributed by atoms with Gasteiger partial charge in [0.1, 0.15) is 11.5 Å². The first kappa shape index (κ1) is 13.8. The maximum atomic E-state index is 11.9. The molecule has 0 amide bonds. The van der Waals surface area contributed by atoms with E-state index in [0.717, 1.165) is 0 Å². The second kappa shape index (κ2) is 5.19. The molecule has 0 spiro atoms. The molecule has 2 N–H and O–H groups in total. The molecule has 0 radical (unpaired) electrons. The van der Waals surface area contributed by atoms with E-state index >= 15 is 0 Å². The van der Waals surface area contributed by atoms with Crippen molar-refractivity contribution in [2.24, 2.45) is 11.8 Å². The van der Waals surface area contributed by atoms with Gasteiger partial charge in [0.2, 0.25) is 0 Å². The summed E-state index contributed by atoms with van der Waals surface area (Å²) < 4.78 is 0. The van der Waals surface area contributed by atoms with Crippen LogP contribution in [-0.4, -0.2) is 21.8 Å². The minimum atomic E-state index is -0.440. The van der Waals surface area contributed by atoms with Gasteiger partial charge in [-0.25, -0.2) is 0 Å². The summed E-state index contributed by atoms with van der Waals surface area (Å²) in [5.74, 6) is -0.171. The largest absolute Gasteiger partial charge is 0.512 e. The van der Waals surface area contributed by atoms with E-state index in [1.165, 1.54) is 0 Å². The molecule has 0 heterocycles. The number of carbonyl (C=O) groups excluding carboxylic acids is 2. The van der Waals surface area contributed by atoms with Gasteiger partial charge < -0.3 is 10.2 Å². The maximum Gasteiger partial charge on any atom is 0.163 e. The summed E-state index contributed by atoms with van der Waals surface area (Å²) >= 11 is 0. The zero-order valence-electron chi connectivity index (χ0n) is 11.4. The number of aliphatic hydroxyl groups excluding tert-OH is 2. The molecule has 4 nitrogen and oxygen atoms in total. The highest BCUT2D eigenvalue weighted by Gasteiger charge is 2.38. The van der Waals surface area contributed by atoms with Crippen LogP contribution in [0.5, 0.6) is 0 Å². The van der Waals surface area contributed by atoms with E-state index in [2.05, 4.69) is 0 Å². The number of hydrogen-bond acceptors (Lipinski definition) is 4. The van der Waals surface area contributed by atoms with E-state index in [1.807, 2.05) is 13.8 Å². The average molecular weight is 264 g/mol. The molecule has 0 bridgehead atoms. The Morgan fingerprint density at radius 3 is 1.58 bits per heavy atom. The molecule has 2 aliphatic rings. The van der Waals surface area contributed by atoms with Crippen LogP contribution in [0.4, 0.5) is 0 Å². The molecule has 0 fully saturated rings. The second-order valence-corrected chi connectivity index (χ2v) is 5.75. The number of ketones is 2. The molecule has 0 atom stereocenters. The fourth-order valence-electron chi connectivity index (χ4n) is 2.97. The molecule has 19 heavy (non-hydrogen) atoms. The van der Waals surface area contributed by atoms with Crippen molar-refractivity contribution in [1.29, 1.82) is 0 Å². The van der Waals surface area contributed by atoms with Crippen molar-refractivity contribution in [3.05, 3.63) is 22.7 Å². The number of Topliss-reactive ketones (excluding diaryl/α,β-unsaturated/α-hetero) is 2. The molecule has 104 valence electrons. The molecule has 0 saturated heterocycles. The van der Waals surface area contributed by atoms with E-state index in [4.69, 9.17) is 0 Å². The number of carbonyl (C=O) groups is 2. The predicted octanol–water partition coefficient (Wildman–Crippen LogP) is 3.00. The first-order valence-electron chi connectivity index (χ1n) is 6.82. The van der Waals surface area contributed by atoms with E-state index in [1.54, 1.807) is 0 Å². The molecule has 0 aliphatic heterocycles. The van der Waals surface area contributed by atoms with Gasteiger partial charge in [0.25, 0.3) is 0 Å². The van der Waals surface area contributed by atoms with Crippen LogP contribution in [0.25, 0.3) is 0 Å². The molecule has 2 aliphatic carbocycles. The predicted molar refractivity (Wildman–Crippen MR) is 70.7 cm³/mol. The van der Waals surface area contributed by atoms with Gasteiger partial charge in [-0.2, -0.15) is 0 Å². The minimum Gasteiger partial charge on any atom is -0.512 e. The summed E-state index contributed by atoms with van der Waals surface area (Å²) in [4.78, 5) is 23.9. The van der Waals surface area contributed by atoms with Crippen molar-refractivity contribution in [1.82, 2.24) is 0 Å². The molecule has 0 saturated carbocycles. The standard InChI is InChI=1S/C15H20O4/c1-8(2)7-9(14-10(16)3-4-11(14)17)15-12(18)5-6-13(15)19/h8-9,16,18H,3-7H2,1-2H3. The summed E-state index contributed by atoms with van der Waals surface area (Å²) in [7, 11) is 0. The summed E-state index contributed by atoms with van der Waals surface area (Å²) in [6, 6.07) is 0. The van der Waals surface area contributed by atoms with Gasteiger partial charge in [0, 0.05) is 42.7 Å². The molecular formula is C15H20O4. The van der Waals surface area contributed by atoms with Crippen molar-refractivity contribution in [2.45, 2.75) is 46.0 Å². The number of rotatable bonds is 4. The van der Waals surface area contributed by atoms with Gasteiger partial charge in [-0.05, 0) is 12.3 Å². The number of aliphatic hydroxyl groups is 2. The number of hydrogen-bond donors (Lipinski definition) is 2. The molecular weight excluding hydrogens is 244 g/mol. The van der Waals surface area contributed by atoms with Crippen LogP contribution in [0.1, 0.15) is 46.0 Å². The van der Waals surface area contributed by atoms with Gasteiger partial charge >= 0.3 is 0 Å². The van der Waals surface area contributed by atoms with Crippen molar-refractivity contribution in [2.75, 3.05) is 0 Å². The molecule has 4 heteroatoms. The first-order valence-corrected chi connectivity index (χ1v) is 6.82. The number of allylic oxidation sites excluding steroid dienone is 4. The van der Waals surface area contributed by atoms with Crippen molar-refractivity contribution in [3.8, 4) is 0 Å². The fourth-order valence-corrected chi connectivity index (χ4v) is 2.97. The Morgan fingerprint density at radius 2 is 1.32 bits per heavy atom. The monoisotopic (exact) mass is 264 g/mol. The first-order chi connectivity index (χ1) is 8.91. The summed E-state index contributed by atoms with van der Waals surface area (Å²) in [5, 5.41) is 19.8. The Labute approximate surface area is 112 Å². The lowest BCUT2D eigenvalue weighted by Gasteiger charge is -2.21. The Hall–Kier alpha value is -1.58. The van der Waals surface area contributed by atoms with Crippen LogP contribution >= 0.6 is 0 Å². The Balaban J connectivity index is 2.43. The third-order valence-electron chi connectivity index (χ3n) is 3.80. The fraction of sp³-hybridized carbons (Fsp3) is 0.600. The average Bonchev–Trinajstić information content (AvgIpc) is 2.81. The van der Waals surface area contributed by atoms with Gasteiger partial charge in [-0.1, -0.05) is 13.8 Å². The quantitative estimate of drug-likeness (QED) is 0.818. The van der Waals surface area contributed by atoms with Crippen LogP contribution in [-0.2, 0) is 9.59 Å². The van der Waals surface area contributed by atoms with Crippen molar-refractivity contribution in [3.63, 3.8) is 0 Å². The Bertz CT molecular complexity index is 442. The highest BCUT2D eigenvalue weighted by atomic mass is 16.3. The van der Waals surface area contributed by atoms with E-state index in [0.29, 0.717) is 43.3 Å². The van der Waals surface area contributed by atoms with Crippen LogP contribution in [0.15, 0.2) is 22.7 Å². The summed E-state index contributed by atoms with van der Waals surface area (Å²) in [6.07, 6.45) is 1.91. The summed E-state index contributed by atoms with van der Waals surface area (Å²) in [5.41, 5.74) is 0.705. The highest BCUT2D eigenvalue weighted by molar-refractivity contribution is 6.04. The van der Waals surface area contributed by atoms with E-state index < -0.39 is 5.92 Å². The lowest BCUT2D eigenvalue weighted by molar-refractivity contribution is -0.115. The molecule has 2 rings (SSSR count). The Kier molecular flexibility index (Phi) is 3.78. The van der Waals surface area contributed by atoms with Gasteiger partial charge in [0.15, 0.2) is 11.6 Å². The normalized spacial score (nSPS) is 20.6. The molecule has 0 unspecified atom stereocenters. The van der Waals surface area contributed by atoms with E-state index in [-0.39, 0.29) is 29.0 Å². The molecule has 0 aromatic rings. The van der Waals surface area contributed by atoms with Crippen molar-refractivity contribution >= 4 is 11.6 Å². The smallest absolute Gasteiger partial charge is 0.163 e. The Morgan fingerprint density at radius 1 is 0.895 bits per heavy atom. The van der Waals surface area contributed by atoms with Crippen LogP contribution in [0.2, 0.25) is 0 Å². The van der Waals surface area contributed by atoms with Gasteiger partial charge in [-0.15, -0.1) is 0 Å². The zero-order chi connectivity index (χ0) is 14.2. The maximum absolute atomic E-state index is 11.9. The second-order valence-electron chi connectivity index (χ2n) is 5.75. The topological polar surface area (TPSA) is 74.6 Å². The van der Waals surface area contributed by atoms with E-state index in [9.17, 15) is 19.8 Å². The van der Waals surface area contributed by atoms with Crippen LogP contribution in [0, 0.1) is 11.8 Å². The molecule has 0 aromatic heterocycles. The lowest BCUT2D eigenvalue weighted by atomic mass is 9.82. The molecule has 0 aromatic carbocycles. The van der Waals surface area contributed by atoms with Gasteiger partial charge in [-0.3, -0.25) is 9.59 Å². The minimum absolute atomic E-state index is 0.0932. The highest BCUT2D eigenvalue weighted by Crippen LogP contribution is 2.39. The zero-order valence-corrected chi connectivity index (χ0v) is 11.4. The van der Waals surface area contributed by atoms with Gasteiger partial charge in [0.05, 0.1) is 0 Å². The SMILES string of the molecule is CC(C)CC(C1=C(O)CCC1=O)C1=C(O)CCC1=O. The summed E-state index contributed by atoms with van der Waals surface area (Å²) in [6.45, 7) is 4.00. The van der Waals surface area contributed by atoms with Crippen molar-refractivity contribution < 1.29 is 19.8 Å². The van der Waals surface area contributed by atoms with Crippen LogP contribution in [0.3, 0.4) is 0 Å². The van der Waals surface area contributed by atoms with Crippen LogP contribution < -0.4 is 0 Å². The third-order valence-corrected chi connectivity index (χ3v) is 3.80.